The van der Waals surface area contributed by atoms with Gasteiger partial charge in [-0.2, -0.15) is 5.26 Å². The molecule has 0 aromatic heterocycles. The van der Waals surface area contributed by atoms with Gasteiger partial charge in [-0.05, 0) is 36.8 Å². The van der Waals surface area contributed by atoms with E-state index in [0.29, 0.717) is 16.8 Å². The first-order chi connectivity index (χ1) is 12.4. The molecule has 0 aliphatic rings. The highest BCUT2D eigenvalue weighted by Gasteiger charge is 2.20. The summed E-state index contributed by atoms with van der Waals surface area (Å²) in [7, 11) is 0. The molecule has 0 radical (unpaired) electrons. The summed E-state index contributed by atoms with van der Waals surface area (Å²) < 4.78 is 0. The van der Waals surface area contributed by atoms with Crippen molar-refractivity contribution in [1.82, 2.24) is 0 Å². The summed E-state index contributed by atoms with van der Waals surface area (Å²) in [4.78, 5) is 26.9. The van der Waals surface area contributed by atoms with Gasteiger partial charge in [0.25, 0.3) is 5.84 Å². The van der Waals surface area contributed by atoms with Crippen LogP contribution in [0.1, 0.15) is 31.8 Å². The van der Waals surface area contributed by atoms with Gasteiger partial charge in [0, 0.05) is 17.3 Å². The number of nitrogens with one attached hydrogen (secondary N) is 1. The van der Waals surface area contributed by atoms with E-state index in [1.165, 1.54) is 6.07 Å². The number of Topliss-reactive ketones (excluding diaryl/α,β-unsaturated/α-hetero) is 1. The molecule has 0 saturated carbocycles. The number of benzene rings is 2. The monoisotopic (exact) mass is 348 g/mol. The van der Waals surface area contributed by atoms with Crippen LogP contribution in [-0.4, -0.2) is 17.5 Å². The van der Waals surface area contributed by atoms with Crippen LogP contribution in [0.5, 0.6) is 0 Å². The highest BCUT2D eigenvalue weighted by atomic mass is 16.1. The average Bonchev–Trinajstić information content (AvgIpc) is 2.63. The number of hydrogen-bond acceptors (Lipinski definition) is 4. The molecule has 0 atom stereocenters. The Kier molecular flexibility index (Phi) is 5.50. The molecule has 26 heavy (non-hydrogen) atoms. The topological polar surface area (TPSA) is 150 Å². The minimum Gasteiger partial charge on any atom is -0.404 e. The Morgan fingerprint density at radius 3 is 2.46 bits per heavy atom. The third-order valence-electron chi connectivity index (χ3n) is 3.75. The maximum absolute atomic E-state index is 12.7. The van der Waals surface area contributed by atoms with E-state index in [9.17, 15) is 9.59 Å². The normalized spacial score (nSPS) is 11.7. The highest BCUT2D eigenvalue weighted by Crippen LogP contribution is 2.12. The quantitative estimate of drug-likeness (QED) is 0.254. The minimum absolute atomic E-state index is 0.0181. The summed E-state index contributed by atoms with van der Waals surface area (Å²) in [5.74, 6) is -0.992. The number of nitriles is 1. The number of amidine groups is 1. The fraction of sp³-hybridized carbons (Fsp3) is 0.0526. The number of carbonyl (C=O) groups excluding carboxylic acids is 2. The highest BCUT2D eigenvalue weighted by molar-refractivity contribution is 6.25. The molecule has 0 heterocycles. The zero-order valence-corrected chi connectivity index (χ0v) is 14.1. The van der Waals surface area contributed by atoms with E-state index in [1.54, 1.807) is 36.4 Å². The molecular weight excluding hydrogens is 330 g/mol. The first-order valence-electron chi connectivity index (χ1n) is 7.64. The fourth-order valence-electron chi connectivity index (χ4n) is 2.30. The molecule has 0 saturated heterocycles. The predicted octanol–water partition coefficient (Wildman–Crippen LogP) is -0.240. The van der Waals surface area contributed by atoms with Crippen LogP contribution in [0.4, 0.5) is 5.69 Å². The van der Waals surface area contributed by atoms with Crippen LogP contribution in [0.25, 0.3) is 0 Å². The number of carbonyl (C=O) groups is 2. The van der Waals surface area contributed by atoms with E-state index < -0.39 is 11.7 Å². The lowest BCUT2D eigenvalue weighted by Gasteiger charge is -2.05. The van der Waals surface area contributed by atoms with Gasteiger partial charge in [-0.1, -0.05) is 18.2 Å². The summed E-state index contributed by atoms with van der Waals surface area (Å²) in [5, 5.41) is 8.96. The molecule has 2 aromatic rings. The first kappa shape index (κ1) is 18.4. The van der Waals surface area contributed by atoms with Crippen LogP contribution in [0.3, 0.4) is 0 Å². The number of nitrogens with zero attached hydrogens (tertiary/aromatic N) is 1. The van der Waals surface area contributed by atoms with E-state index in [-0.39, 0.29) is 17.0 Å². The Balaban J connectivity index is 2.43. The van der Waals surface area contributed by atoms with E-state index in [2.05, 4.69) is 4.99 Å². The summed E-state index contributed by atoms with van der Waals surface area (Å²) in [6.07, 6.45) is 1.09. The Bertz CT molecular complexity index is 984. The van der Waals surface area contributed by atoms with Gasteiger partial charge in [-0.25, -0.2) is 4.99 Å². The SMILES string of the molecule is Cc1ccc(C(N)=O)cc1[NH+]=C(N)C(=CN)C(=O)c1cccc(C#N)c1. The van der Waals surface area contributed by atoms with Gasteiger partial charge in [-0.15, -0.1) is 0 Å². The number of primary amides is 1. The zero-order valence-electron chi connectivity index (χ0n) is 14.1. The standard InChI is InChI=1S/C19H17N5O2/c1-11-5-6-14(19(23)26)8-16(11)24-18(22)15(10-21)17(25)13-4-2-3-12(7-13)9-20/h2-8,10H,21H2,1H3,(H2,22,24)(H2,23,26)/p+1. The van der Waals surface area contributed by atoms with E-state index in [1.807, 2.05) is 13.0 Å². The first-order valence-corrected chi connectivity index (χ1v) is 7.64. The van der Waals surface area contributed by atoms with Crippen LogP contribution in [-0.2, 0) is 0 Å². The maximum atomic E-state index is 12.7. The van der Waals surface area contributed by atoms with Crippen LogP contribution < -0.4 is 22.2 Å². The number of amides is 1. The van der Waals surface area contributed by atoms with Crippen molar-refractivity contribution in [3.05, 3.63) is 76.5 Å². The van der Waals surface area contributed by atoms with Gasteiger partial charge in [0.05, 0.1) is 11.6 Å². The molecule has 0 bridgehead atoms. The second-order valence-electron chi connectivity index (χ2n) is 5.53. The van der Waals surface area contributed by atoms with Gasteiger partial charge in [0.1, 0.15) is 11.3 Å². The molecule has 130 valence electrons. The van der Waals surface area contributed by atoms with Crippen molar-refractivity contribution in [2.45, 2.75) is 6.92 Å². The van der Waals surface area contributed by atoms with Gasteiger partial charge in [0.2, 0.25) is 11.7 Å². The van der Waals surface area contributed by atoms with Crippen molar-refractivity contribution in [2.75, 3.05) is 0 Å². The molecule has 1 amide bonds. The second-order valence-corrected chi connectivity index (χ2v) is 5.53. The predicted molar refractivity (Wildman–Crippen MR) is 97.3 cm³/mol. The summed E-state index contributed by atoms with van der Waals surface area (Å²) >= 11 is 0. The van der Waals surface area contributed by atoms with Crippen molar-refractivity contribution in [3.8, 4) is 6.07 Å². The molecule has 7 N–H and O–H groups in total. The van der Waals surface area contributed by atoms with Crippen molar-refractivity contribution in [2.24, 2.45) is 17.2 Å². The molecule has 7 nitrogen and oxygen atoms in total. The molecule has 0 aliphatic carbocycles. The molecule has 0 spiro atoms. The molecule has 0 fully saturated rings. The van der Waals surface area contributed by atoms with Gasteiger partial charge >= 0.3 is 0 Å². The summed E-state index contributed by atoms with van der Waals surface area (Å²) in [6, 6.07) is 13.0. The van der Waals surface area contributed by atoms with Crippen molar-refractivity contribution < 1.29 is 14.6 Å². The van der Waals surface area contributed by atoms with Crippen LogP contribution in [0, 0.1) is 18.3 Å². The van der Waals surface area contributed by atoms with Crippen molar-refractivity contribution in [3.63, 3.8) is 0 Å². The Morgan fingerprint density at radius 2 is 1.85 bits per heavy atom. The van der Waals surface area contributed by atoms with Crippen LogP contribution in [0.15, 0.2) is 54.2 Å². The smallest absolute Gasteiger partial charge is 0.283 e. The summed E-state index contributed by atoms with van der Waals surface area (Å²) in [5.41, 5.74) is 19.2. The number of hydrogen-bond donors (Lipinski definition) is 4. The molecule has 0 unspecified atom stereocenters. The van der Waals surface area contributed by atoms with Gasteiger partial charge < -0.3 is 11.5 Å². The van der Waals surface area contributed by atoms with Crippen molar-refractivity contribution in [1.29, 1.82) is 5.26 Å². The van der Waals surface area contributed by atoms with E-state index in [4.69, 9.17) is 22.5 Å². The number of ketones is 1. The fourth-order valence-corrected chi connectivity index (χ4v) is 2.30. The Labute approximate surface area is 150 Å². The lowest BCUT2D eigenvalue weighted by Crippen LogP contribution is -2.70. The van der Waals surface area contributed by atoms with Crippen LogP contribution >= 0.6 is 0 Å². The molecule has 7 heteroatoms. The molecule has 2 aromatic carbocycles. The maximum Gasteiger partial charge on any atom is 0.283 e. The molecular formula is C19H18N5O2+. The minimum atomic E-state index is -0.578. The number of rotatable bonds is 5. The largest absolute Gasteiger partial charge is 0.404 e. The van der Waals surface area contributed by atoms with Gasteiger partial charge in [-0.3, -0.25) is 15.3 Å². The van der Waals surface area contributed by atoms with E-state index in [0.717, 1.165) is 11.8 Å². The molecule has 0 aliphatic heterocycles. The molecule has 2 rings (SSSR count). The number of aryl methyl sites for hydroxylation is 1. The van der Waals surface area contributed by atoms with Crippen LogP contribution in [0.2, 0.25) is 0 Å². The van der Waals surface area contributed by atoms with Gasteiger partial charge in [0.15, 0.2) is 0 Å². The third kappa shape index (κ3) is 3.94. The number of nitrogens with two attached hydrogens (primary N) is 3. The average molecular weight is 348 g/mol. The van der Waals surface area contributed by atoms with Crippen molar-refractivity contribution >= 4 is 23.2 Å². The Hall–Kier alpha value is -3.92. The van der Waals surface area contributed by atoms with E-state index >= 15 is 0 Å². The lowest BCUT2D eigenvalue weighted by atomic mass is 10.0. The third-order valence-corrected chi connectivity index (χ3v) is 3.75. The lowest BCUT2D eigenvalue weighted by molar-refractivity contribution is -0.354. The Morgan fingerprint density at radius 1 is 1.12 bits per heavy atom. The zero-order chi connectivity index (χ0) is 19.3. The second kappa shape index (κ2) is 7.77. The summed E-state index contributed by atoms with van der Waals surface area (Å²) in [6.45, 7) is 1.81.